The van der Waals surface area contributed by atoms with Crippen molar-refractivity contribution >= 4 is 15.5 Å². The van der Waals surface area contributed by atoms with Gasteiger partial charge in [0.15, 0.2) is 0 Å². The van der Waals surface area contributed by atoms with Crippen LogP contribution in [-0.4, -0.2) is 81.9 Å². The van der Waals surface area contributed by atoms with Gasteiger partial charge in [0.05, 0.1) is 49.7 Å². The number of aliphatic hydroxyl groups is 2. The Morgan fingerprint density at radius 1 is 0.808 bits per heavy atom. The topological polar surface area (TPSA) is 176 Å². The van der Waals surface area contributed by atoms with Gasteiger partial charge in [0, 0.05) is 0 Å². The van der Waals surface area contributed by atoms with Gasteiger partial charge in [-0.1, -0.05) is 0 Å². The molecular weight excluding hydrogens is 394 g/mol. The minimum atomic E-state index is -4.36. The fourth-order valence-corrected chi connectivity index (χ4v) is 5.55. The third-order valence-electron chi connectivity index (χ3n) is 4.73. The van der Waals surface area contributed by atoms with E-state index < -0.39 is 77.4 Å². The van der Waals surface area contributed by atoms with Crippen molar-refractivity contribution in [3.8, 4) is 0 Å². The zero-order valence-electron chi connectivity index (χ0n) is 14.2. The zero-order chi connectivity index (χ0) is 19.3. The first kappa shape index (κ1) is 20.8. The zero-order valence-corrected chi connectivity index (χ0v) is 16.0. The van der Waals surface area contributed by atoms with Crippen LogP contribution in [0.15, 0.2) is 0 Å². The predicted octanol–water partition coefficient (Wildman–Crippen LogP) is -1.55. The van der Waals surface area contributed by atoms with Gasteiger partial charge in [-0.25, -0.2) is 19.3 Å². The Labute approximate surface area is 150 Å². The van der Waals surface area contributed by atoms with Crippen LogP contribution in [0.3, 0.4) is 0 Å². The van der Waals surface area contributed by atoms with Gasteiger partial charge in [0.1, 0.15) is 12.2 Å². The molecule has 3 heterocycles. The first-order chi connectivity index (χ1) is 12.0. The molecule has 0 aromatic heterocycles. The van der Waals surface area contributed by atoms with E-state index in [1.807, 2.05) is 0 Å². The van der Waals surface area contributed by atoms with E-state index in [1.54, 1.807) is 13.8 Å². The van der Waals surface area contributed by atoms with E-state index in [1.165, 1.54) is 0 Å². The van der Waals surface area contributed by atoms with Crippen LogP contribution in [0.1, 0.15) is 13.8 Å². The van der Waals surface area contributed by atoms with Crippen LogP contribution in [0.5, 0.6) is 0 Å². The van der Waals surface area contributed by atoms with Crippen LogP contribution in [0.25, 0.3) is 0 Å². The lowest BCUT2D eigenvalue weighted by atomic mass is 10.1. The molecule has 3 aliphatic rings. The van der Waals surface area contributed by atoms with Crippen molar-refractivity contribution in [2.75, 3.05) is 13.2 Å². The molecule has 3 fully saturated rings. The summed E-state index contributed by atoms with van der Waals surface area (Å²) in [6.45, 7) is 2.22. The highest BCUT2D eigenvalue weighted by Gasteiger charge is 2.49. The van der Waals surface area contributed by atoms with Crippen LogP contribution in [0.4, 0.5) is 0 Å². The quantitative estimate of drug-likeness (QED) is 0.250. The third-order valence-corrected chi connectivity index (χ3v) is 6.98. The number of rotatable bonds is 0. The fourth-order valence-electron chi connectivity index (χ4n) is 3.31. The van der Waals surface area contributed by atoms with Crippen molar-refractivity contribution in [3.05, 3.63) is 0 Å². The fraction of sp³-hybridized carbons (Fsp3) is 1.00. The molecule has 12 nitrogen and oxygen atoms in total. The summed E-state index contributed by atoms with van der Waals surface area (Å²) in [6, 6.07) is -2.10. The first-order valence-electron chi connectivity index (χ1n) is 8.16. The Morgan fingerprint density at radius 3 is 1.50 bits per heavy atom. The van der Waals surface area contributed by atoms with Gasteiger partial charge in [0.2, 0.25) is 0 Å². The summed E-state index contributed by atoms with van der Waals surface area (Å²) in [6.07, 6.45) is -5.63. The number of fused-ring (bicyclic) bond motifs is 2. The molecule has 0 amide bonds. The van der Waals surface area contributed by atoms with Gasteiger partial charge in [-0.3, -0.25) is 9.05 Å². The van der Waals surface area contributed by atoms with E-state index >= 15 is 0 Å². The highest BCUT2D eigenvalue weighted by molar-refractivity contribution is 7.50. The SMILES string of the molecule is CC1O[C@@H]2COP(=O)(O)N[C@@H]3[C@@H](COP(=O)(O)N[C@H]2[C@H]1O)OC(C)[C@@H]3O. The summed E-state index contributed by atoms with van der Waals surface area (Å²) in [5.74, 6) is 0. The van der Waals surface area contributed by atoms with Crippen molar-refractivity contribution < 1.29 is 47.7 Å². The molecule has 0 aromatic carbocycles. The smallest absolute Gasteiger partial charge is 0.389 e. The highest BCUT2D eigenvalue weighted by atomic mass is 31.2. The Morgan fingerprint density at radius 2 is 1.15 bits per heavy atom. The van der Waals surface area contributed by atoms with Gasteiger partial charge in [0.25, 0.3) is 0 Å². The second kappa shape index (κ2) is 7.47. The molecule has 14 heteroatoms. The third kappa shape index (κ3) is 4.38. The van der Waals surface area contributed by atoms with E-state index in [0.717, 1.165) is 0 Å². The van der Waals surface area contributed by atoms with E-state index in [9.17, 15) is 29.1 Å². The molecule has 0 bridgehead atoms. The van der Waals surface area contributed by atoms with Crippen molar-refractivity contribution in [2.24, 2.45) is 0 Å². The number of aliphatic hydroxyl groups excluding tert-OH is 2. The molecule has 152 valence electrons. The average molecular weight is 418 g/mol. The first-order valence-corrected chi connectivity index (χ1v) is 11.3. The Hall–Kier alpha value is 0.0600. The molecule has 0 saturated carbocycles. The van der Waals surface area contributed by atoms with Crippen molar-refractivity contribution in [2.45, 2.75) is 62.6 Å². The maximum absolute atomic E-state index is 12.3. The lowest BCUT2D eigenvalue weighted by Gasteiger charge is -2.29. The summed E-state index contributed by atoms with van der Waals surface area (Å²) in [5.41, 5.74) is 0. The highest BCUT2D eigenvalue weighted by Crippen LogP contribution is 2.45. The average Bonchev–Trinajstić information content (AvgIpc) is 2.95. The van der Waals surface area contributed by atoms with Crippen molar-refractivity contribution in [3.63, 3.8) is 0 Å². The number of ether oxygens (including phenoxy) is 2. The minimum Gasteiger partial charge on any atom is -0.389 e. The second-order valence-corrected chi connectivity index (χ2v) is 9.80. The van der Waals surface area contributed by atoms with Gasteiger partial charge in [-0.05, 0) is 13.8 Å². The maximum atomic E-state index is 12.3. The number of hydrogen-bond donors (Lipinski definition) is 6. The molecule has 0 aliphatic carbocycles. The van der Waals surface area contributed by atoms with Gasteiger partial charge in [-0.15, -0.1) is 0 Å². The molecule has 26 heavy (non-hydrogen) atoms. The normalized spacial score (nSPS) is 56.2. The standard InChI is InChI=1S/C12H24N2O10P2/c1-5-11(15)9-7(23-5)3-21-26(19,20)14-10-8(24-6(2)12(10)16)4-22-25(17,18)13-9/h5-12,15-16H,3-4H2,1-2H3,(H2,13,17,18)(H2,14,19,20)/t5?,6?,7-,8-,9-,10-,11+,12+/m1/s1. The largest absolute Gasteiger partial charge is 0.403 e. The van der Waals surface area contributed by atoms with E-state index in [2.05, 4.69) is 10.2 Å². The molecule has 4 unspecified atom stereocenters. The molecule has 0 radical (unpaired) electrons. The molecule has 0 aromatic rings. The summed E-state index contributed by atoms with van der Waals surface area (Å²) < 4.78 is 45.5. The van der Waals surface area contributed by atoms with E-state index in [0.29, 0.717) is 0 Å². The van der Waals surface area contributed by atoms with Crippen LogP contribution < -0.4 is 10.2 Å². The van der Waals surface area contributed by atoms with E-state index in [-0.39, 0.29) is 0 Å². The summed E-state index contributed by atoms with van der Waals surface area (Å²) in [7, 11) is -8.72. The summed E-state index contributed by atoms with van der Waals surface area (Å²) in [5, 5.41) is 24.9. The molecule has 6 N–H and O–H groups in total. The predicted molar refractivity (Wildman–Crippen MR) is 86.1 cm³/mol. The monoisotopic (exact) mass is 418 g/mol. The summed E-state index contributed by atoms with van der Waals surface area (Å²) >= 11 is 0. The van der Waals surface area contributed by atoms with Crippen LogP contribution >= 0.6 is 15.5 Å². The second-order valence-electron chi connectivity index (χ2n) is 6.68. The summed E-state index contributed by atoms with van der Waals surface area (Å²) in [4.78, 5) is 20.1. The Bertz CT molecular complexity index is 571. The lowest BCUT2D eigenvalue weighted by molar-refractivity contribution is -0.00225. The van der Waals surface area contributed by atoms with Gasteiger partial charge >= 0.3 is 15.5 Å². The number of hydrogen-bond acceptors (Lipinski definition) is 8. The lowest BCUT2D eigenvalue weighted by Crippen LogP contribution is -2.48. The number of nitrogens with one attached hydrogen (secondary N) is 2. The van der Waals surface area contributed by atoms with Crippen molar-refractivity contribution in [1.29, 1.82) is 0 Å². The van der Waals surface area contributed by atoms with Gasteiger partial charge < -0.3 is 29.5 Å². The van der Waals surface area contributed by atoms with Crippen LogP contribution in [0.2, 0.25) is 0 Å². The minimum absolute atomic E-state index is 0.441. The molecule has 0 spiro atoms. The van der Waals surface area contributed by atoms with Gasteiger partial charge in [-0.2, -0.15) is 0 Å². The van der Waals surface area contributed by atoms with E-state index in [4.69, 9.17) is 18.5 Å². The molecule has 3 saturated heterocycles. The molecular formula is C12H24N2O10P2. The molecule has 3 aliphatic heterocycles. The van der Waals surface area contributed by atoms with Crippen LogP contribution in [0, 0.1) is 0 Å². The molecule has 10 atom stereocenters. The Balaban J connectivity index is 1.85. The molecule has 3 rings (SSSR count). The Kier molecular flexibility index (Phi) is 5.97. The maximum Gasteiger partial charge on any atom is 0.403 e. The van der Waals surface area contributed by atoms with Crippen molar-refractivity contribution in [1.82, 2.24) is 10.2 Å². The van der Waals surface area contributed by atoms with Crippen LogP contribution in [-0.2, 0) is 27.7 Å².